The summed E-state index contributed by atoms with van der Waals surface area (Å²) < 4.78 is 2.10. The van der Waals surface area contributed by atoms with Gasteiger partial charge in [-0.05, 0) is 52.8 Å². The lowest BCUT2D eigenvalue weighted by molar-refractivity contribution is -0.119. The van der Waals surface area contributed by atoms with E-state index in [-0.39, 0.29) is 23.6 Å². The number of nitrogens with zero attached hydrogens (tertiary/aromatic N) is 1. The van der Waals surface area contributed by atoms with E-state index in [1.54, 1.807) is 0 Å². The van der Waals surface area contributed by atoms with E-state index in [1.165, 1.54) is 17.3 Å². The molecule has 25 heavy (non-hydrogen) atoms. The average Bonchev–Trinajstić information content (AvgIpc) is 2.86. The number of nitrogens with one attached hydrogen (secondary N) is 2. The number of carbonyl (C=O) groups excluding carboxylic acids is 2. The quantitative estimate of drug-likeness (QED) is 0.634. The molecule has 2 N–H and O–H groups in total. The molecule has 0 unspecified atom stereocenters. The van der Waals surface area contributed by atoms with Gasteiger partial charge in [-0.2, -0.15) is 0 Å². The molecule has 0 atom stereocenters. The van der Waals surface area contributed by atoms with Gasteiger partial charge in [-0.1, -0.05) is 17.7 Å². The van der Waals surface area contributed by atoms with Gasteiger partial charge in [-0.3, -0.25) is 20.4 Å². The topological polar surface area (TPSA) is 63.1 Å². The van der Waals surface area contributed by atoms with Crippen LogP contribution < -0.4 is 10.9 Å². The lowest BCUT2D eigenvalue weighted by Crippen LogP contribution is -2.42. The molecule has 0 aliphatic heterocycles. The summed E-state index contributed by atoms with van der Waals surface area (Å²) in [5.41, 5.74) is 8.66. The second-order valence-corrected chi connectivity index (χ2v) is 7.40. The molecular formula is C19H25N3O2S. The summed E-state index contributed by atoms with van der Waals surface area (Å²) in [4.78, 5) is 25.3. The zero-order chi connectivity index (χ0) is 18.6. The van der Waals surface area contributed by atoms with Gasteiger partial charge in [-0.25, -0.2) is 0 Å². The Morgan fingerprint density at radius 2 is 1.72 bits per heavy atom. The fourth-order valence-corrected chi connectivity index (χ4v) is 3.51. The SMILES string of the molecule is Cc1ccc(SCC(=O)NNC(=O)c2cc(C)n(C(C)C)c2C)cc1. The van der Waals surface area contributed by atoms with E-state index in [0.29, 0.717) is 5.56 Å². The first-order valence-corrected chi connectivity index (χ1v) is 9.25. The van der Waals surface area contributed by atoms with Crippen molar-refractivity contribution < 1.29 is 9.59 Å². The number of rotatable bonds is 5. The zero-order valence-electron chi connectivity index (χ0n) is 15.3. The number of hydrazine groups is 1. The van der Waals surface area contributed by atoms with E-state index in [4.69, 9.17) is 0 Å². The number of hydrogen-bond acceptors (Lipinski definition) is 3. The molecule has 0 fully saturated rings. The molecule has 2 rings (SSSR count). The fourth-order valence-electron chi connectivity index (χ4n) is 2.81. The van der Waals surface area contributed by atoms with Crippen LogP contribution in [-0.2, 0) is 4.79 Å². The number of amides is 2. The summed E-state index contributed by atoms with van der Waals surface area (Å²) in [6, 6.07) is 10.1. The van der Waals surface area contributed by atoms with Crippen molar-refractivity contribution in [1.82, 2.24) is 15.4 Å². The van der Waals surface area contributed by atoms with Crippen molar-refractivity contribution in [2.24, 2.45) is 0 Å². The van der Waals surface area contributed by atoms with Crippen LogP contribution in [0.1, 0.15) is 47.2 Å². The molecular weight excluding hydrogens is 334 g/mol. The molecule has 0 aliphatic carbocycles. The largest absolute Gasteiger partial charge is 0.346 e. The monoisotopic (exact) mass is 359 g/mol. The van der Waals surface area contributed by atoms with Crippen molar-refractivity contribution in [3.63, 3.8) is 0 Å². The predicted molar refractivity (Wildman–Crippen MR) is 102 cm³/mol. The lowest BCUT2D eigenvalue weighted by Gasteiger charge is -2.13. The van der Waals surface area contributed by atoms with Crippen molar-refractivity contribution in [2.45, 2.75) is 45.6 Å². The molecule has 1 heterocycles. The minimum atomic E-state index is -0.298. The molecule has 0 bridgehead atoms. The van der Waals surface area contributed by atoms with Gasteiger partial charge >= 0.3 is 0 Å². The summed E-state index contributed by atoms with van der Waals surface area (Å²) >= 11 is 1.43. The van der Waals surface area contributed by atoms with Crippen LogP contribution in [0.25, 0.3) is 0 Å². The smallest absolute Gasteiger partial charge is 0.271 e. The standard InChI is InChI=1S/C19H25N3O2S/c1-12(2)22-14(4)10-17(15(22)5)19(24)21-20-18(23)11-25-16-8-6-13(3)7-9-16/h6-10,12H,11H2,1-5H3,(H,20,23)(H,21,24). The zero-order valence-corrected chi connectivity index (χ0v) is 16.2. The Bertz CT molecular complexity index is 764. The molecule has 0 aliphatic rings. The van der Waals surface area contributed by atoms with Crippen molar-refractivity contribution in [2.75, 3.05) is 5.75 Å². The molecule has 0 saturated heterocycles. The minimum Gasteiger partial charge on any atom is -0.346 e. The van der Waals surface area contributed by atoms with Gasteiger partial charge < -0.3 is 4.57 Å². The maximum atomic E-state index is 12.3. The van der Waals surface area contributed by atoms with Crippen LogP contribution in [-0.4, -0.2) is 22.1 Å². The van der Waals surface area contributed by atoms with Crippen molar-refractivity contribution in [3.8, 4) is 0 Å². The first-order chi connectivity index (χ1) is 11.8. The Labute approximate surface area is 153 Å². The predicted octanol–water partition coefficient (Wildman–Crippen LogP) is 3.55. The molecule has 2 aromatic rings. The fraction of sp³-hybridized carbons (Fsp3) is 0.368. The third-order valence-corrected chi connectivity index (χ3v) is 4.96. The number of aromatic nitrogens is 1. The summed E-state index contributed by atoms with van der Waals surface area (Å²) in [5, 5.41) is 0. The van der Waals surface area contributed by atoms with Crippen molar-refractivity contribution in [1.29, 1.82) is 0 Å². The van der Waals surface area contributed by atoms with Crippen LogP contribution in [0.15, 0.2) is 35.2 Å². The van der Waals surface area contributed by atoms with Crippen molar-refractivity contribution >= 4 is 23.6 Å². The Morgan fingerprint density at radius 1 is 1.08 bits per heavy atom. The van der Waals surface area contributed by atoms with Gasteiger partial charge in [0.2, 0.25) is 5.91 Å². The van der Waals surface area contributed by atoms with Crippen LogP contribution in [0.2, 0.25) is 0 Å². The maximum Gasteiger partial charge on any atom is 0.271 e. The Kier molecular flexibility index (Phi) is 6.31. The van der Waals surface area contributed by atoms with Crippen molar-refractivity contribution in [3.05, 3.63) is 52.8 Å². The third kappa shape index (κ3) is 4.89. The summed E-state index contributed by atoms with van der Waals surface area (Å²) in [7, 11) is 0. The summed E-state index contributed by atoms with van der Waals surface area (Å²) in [5.74, 6) is -0.292. The number of benzene rings is 1. The number of thioether (sulfide) groups is 1. The molecule has 1 aromatic heterocycles. The number of hydrogen-bond donors (Lipinski definition) is 2. The number of aryl methyl sites for hydroxylation is 2. The molecule has 134 valence electrons. The molecule has 1 aromatic carbocycles. The highest BCUT2D eigenvalue weighted by atomic mass is 32.2. The van der Waals surface area contributed by atoms with Gasteiger partial charge in [-0.15, -0.1) is 11.8 Å². The molecule has 0 saturated carbocycles. The van der Waals surface area contributed by atoms with Crippen LogP contribution in [0.4, 0.5) is 0 Å². The normalized spacial score (nSPS) is 10.8. The lowest BCUT2D eigenvalue weighted by atomic mass is 10.2. The Balaban J connectivity index is 1.88. The van der Waals surface area contributed by atoms with Gasteiger partial charge in [0, 0.05) is 22.3 Å². The summed E-state index contributed by atoms with van der Waals surface area (Å²) in [6.45, 7) is 10.1. The highest BCUT2D eigenvalue weighted by molar-refractivity contribution is 8.00. The van der Waals surface area contributed by atoms with Gasteiger partial charge in [0.05, 0.1) is 11.3 Å². The van der Waals surface area contributed by atoms with Gasteiger partial charge in [0.15, 0.2) is 0 Å². The molecule has 6 heteroatoms. The van der Waals surface area contributed by atoms with Crippen LogP contribution >= 0.6 is 11.8 Å². The van der Waals surface area contributed by atoms with Crippen LogP contribution in [0, 0.1) is 20.8 Å². The van der Waals surface area contributed by atoms with E-state index in [9.17, 15) is 9.59 Å². The highest BCUT2D eigenvalue weighted by Crippen LogP contribution is 2.20. The minimum absolute atomic E-state index is 0.239. The van der Waals surface area contributed by atoms with Crippen LogP contribution in [0.5, 0.6) is 0 Å². The summed E-state index contributed by atoms with van der Waals surface area (Å²) in [6.07, 6.45) is 0. The van der Waals surface area contributed by atoms with E-state index in [1.807, 2.05) is 51.1 Å². The van der Waals surface area contributed by atoms with Crippen LogP contribution in [0.3, 0.4) is 0 Å². The average molecular weight is 359 g/mol. The van der Waals surface area contributed by atoms with E-state index >= 15 is 0 Å². The first kappa shape index (κ1) is 19.1. The third-order valence-electron chi connectivity index (χ3n) is 3.95. The first-order valence-electron chi connectivity index (χ1n) is 8.26. The molecule has 5 nitrogen and oxygen atoms in total. The number of carbonyl (C=O) groups is 2. The second-order valence-electron chi connectivity index (χ2n) is 6.35. The van der Waals surface area contributed by atoms with Gasteiger partial charge in [0.25, 0.3) is 5.91 Å². The highest BCUT2D eigenvalue weighted by Gasteiger charge is 2.17. The van der Waals surface area contributed by atoms with Gasteiger partial charge in [0.1, 0.15) is 0 Å². The van der Waals surface area contributed by atoms with E-state index in [2.05, 4.69) is 29.3 Å². The molecule has 2 amide bonds. The van der Waals surface area contributed by atoms with E-state index in [0.717, 1.165) is 16.3 Å². The molecule has 0 radical (unpaired) electrons. The Hall–Kier alpha value is -2.21. The second kappa shape index (κ2) is 8.25. The Morgan fingerprint density at radius 3 is 2.28 bits per heavy atom. The van der Waals surface area contributed by atoms with E-state index < -0.39 is 0 Å². The molecule has 0 spiro atoms. The maximum absolute atomic E-state index is 12.3.